The van der Waals surface area contributed by atoms with Gasteiger partial charge in [0.2, 0.25) is 5.91 Å². The van der Waals surface area contributed by atoms with Crippen LogP contribution in [0.2, 0.25) is 0 Å². The third-order valence-corrected chi connectivity index (χ3v) is 5.08. The molecule has 0 saturated carbocycles. The molecule has 22 heavy (non-hydrogen) atoms. The fraction of sp³-hybridized carbons (Fsp3) is 0.632. The smallest absolute Gasteiger partial charge is 0.226 e. The summed E-state index contributed by atoms with van der Waals surface area (Å²) in [5, 5.41) is 3.17. The molecule has 2 aliphatic heterocycles. The third-order valence-electron chi connectivity index (χ3n) is 5.08. The van der Waals surface area contributed by atoms with E-state index < -0.39 is 0 Å². The van der Waals surface area contributed by atoms with Gasteiger partial charge in [-0.1, -0.05) is 45.0 Å². The number of rotatable bonds is 1. The zero-order valence-electron chi connectivity index (χ0n) is 14.1. The van der Waals surface area contributed by atoms with Gasteiger partial charge in [0.1, 0.15) is 0 Å². The Hall–Kier alpha value is -1.35. The lowest BCUT2D eigenvalue weighted by molar-refractivity contribution is -0.134. The molecule has 1 spiro atoms. The molecule has 2 aliphatic rings. The summed E-state index contributed by atoms with van der Waals surface area (Å²) in [4.78, 5) is 15.2. The van der Waals surface area contributed by atoms with E-state index in [2.05, 4.69) is 55.3 Å². The second kappa shape index (κ2) is 5.69. The second-order valence-corrected chi connectivity index (χ2v) is 8.25. The number of piperidine rings is 1. The summed E-state index contributed by atoms with van der Waals surface area (Å²) in [5.41, 5.74) is 2.76. The first-order valence-corrected chi connectivity index (χ1v) is 8.46. The number of fused-ring (bicyclic) bond motifs is 1. The van der Waals surface area contributed by atoms with Crippen molar-refractivity contribution in [3.8, 4) is 0 Å². The zero-order chi connectivity index (χ0) is 15.8. The molecule has 3 heteroatoms. The quantitative estimate of drug-likeness (QED) is 0.865. The van der Waals surface area contributed by atoms with Gasteiger partial charge in [-0.15, -0.1) is 0 Å². The Labute approximate surface area is 134 Å². The Morgan fingerprint density at radius 2 is 1.77 bits per heavy atom. The van der Waals surface area contributed by atoms with E-state index in [0.717, 1.165) is 38.9 Å². The van der Waals surface area contributed by atoms with Crippen molar-refractivity contribution >= 4 is 5.91 Å². The summed E-state index contributed by atoms with van der Waals surface area (Å²) in [6.45, 7) is 10.7. The van der Waals surface area contributed by atoms with Crippen molar-refractivity contribution in [3.05, 3.63) is 35.4 Å². The molecule has 2 heterocycles. The summed E-state index contributed by atoms with van der Waals surface area (Å²) in [7, 11) is 0. The van der Waals surface area contributed by atoms with Gasteiger partial charge in [-0.2, -0.15) is 0 Å². The summed E-state index contributed by atoms with van der Waals surface area (Å²) < 4.78 is 0. The van der Waals surface area contributed by atoms with E-state index >= 15 is 0 Å². The summed E-state index contributed by atoms with van der Waals surface area (Å²) in [6.07, 6.45) is 2.85. The number of nitrogens with one attached hydrogen (secondary N) is 1. The largest absolute Gasteiger partial charge is 0.352 e. The highest BCUT2D eigenvalue weighted by Crippen LogP contribution is 2.38. The standard InChI is InChI=1S/C19H28N2O/c1-18(2,3)14-21-10-8-19(9-11-21)12-15-6-4-5-7-16(15)13-20-17(19)22/h4-7H,8-14H2,1-3H3,(H,20,22). The topological polar surface area (TPSA) is 32.3 Å². The Balaban J connectivity index is 1.75. The number of hydrogen-bond donors (Lipinski definition) is 1. The van der Waals surface area contributed by atoms with Crippen LogP contribution in [0, 0.1) is 10.8 Å². The number of hydrogen-bond acceptors (Lipinski definition) is 2. The molecule has 0 radical (unpaired) electrons. The average molecular weight is 300 g/mol. The van der Waals surface area contributed by atoms with Crippen molar-refractivity contribution in [1.29, 1.82) is 0 Å². The van der Waals surface area contributed by atoms with E-state index in [1.54, 1.807) is 0 Å². The van der Waals surface area contributed by atoms with Crippen LogP contribution in [0.25, 0.3) is 0 Å². The highest BCUT2D eigenvalue weighted by molar-refractivity contribution is 5.83. The molecule has 1 N–H and O–H groups in total. The molecule has 1 saturated heterocycles. The molecule has 1 aromatic carbocycles. The molecular formula is C19H28N2O. The maximum absolute atomic E-state index is 12.7. The summed E-state index contributed by atoms with van der Waals surface area (Å²) in [5.74, 6) is 0.263. The molecule has 0 aromatic heterocycles. The van der Waals surface area contributed by atoms with Gasteiger partial charge in [0, 0.05) is 13.1 Å². The third kappa shape index (κ3) is 3.19. The minimum absolute atomic E-state index is 0.193. The number of amides is 1. The lowest BCUT2D eigenvalue weighted by atomic mass is 9.73. The second-order valence-electron chi connectivity index (χ2n) is 8.25. The average Bonchev–Trinajstić information content (AvgIpc) is 2.59. The molecule has 120 valence electrons. The predicted octanol–water partition coefficient (Wildman–Crippen LogP) is 2.99. The monoisotopic (exact) mass is 300 g/mol. The SMILES string of the molecule is CC(C)(C)CN1CCC2(CC1)Cc1ccccc1CNC2=O. The van der Waals surface area contributed by atoms with Gasteiger partial charge < -0.3 is 10.2 Å². The molecular weight excluding hydrogens is 272 g/mol. The zero-order valence-corrected chi connectivity index (χ0v) is 14.1. The van der Waals surface area contributed by atoms with Gasteiger partial charge in [0.25, 0.3) is 0 Å². The van der Waals surface area contributed by atoms with Crippen LogP contribution in [-0.4, -0.2) is 30.4 Å². The molecule has 0 unspecified atom stereocenters. The lowest BCUT2D eigenvalue weighted by Crippen LogP contribution is -2.50. The predicted molar refractivity (Wildman–Crippen MR) is 89.6 cm³/mol. The summed E-state index contributed by atoms with van der Waals surface area (Å²) >= 11 is 0. The van der Waals surface area contributed by atoms with Gasteiger partial charge in [-0.25, -0.2) is 0 Å². The fourth-order valence-corrected chi connectivity index (χ4v) is 3.92. The lowest BCUT2D eigenvalue weighted by Gasteiger charge is -2.42. The normalized spacial score (nSPS) is 22.0. The number of carbonyl (C=O) groups excluding carboxylic acids is 1. The molecule has 3 nitrogen and oxygen atoms in total. The van der Waals surface area contributed by atoms with Crippen LogP contribution in [0.4, 0.5) is 0 Å². The van der Waals surface area contributed by atoms with Crippen LogP contribution in [0.5, 0.6) is 0 Å². The first-order valence-electron chi connectivity index (χ1n) is 8.46. The van der Waals surface area contributed by atoms with Gasteiger partial charge in [-0.05, 0) is 48.9 Å². The van der Waals surface area contributed by atoms with E-state index in [1.165, 1.54) is 11.1 Å². The summed E-state index contributed by atoms with van der Waals surface area (Å²) in [6, 6.07) is 8.49. The minimum atomic E-state index is -0.193. The Kier molecular flexibility index (Phi) is 4.02. The van der Waals surface area contributed by atoms with Crippen LogP contribution in [0.1, 0.15) is 44.7 Å². The minimum Gasteiger partial charge on any atom is -0.352 e. The van der Waals surface area contributed by atoms with Crippen molar-refractivity contribution in [1.82, 2.24) is 10.2 Å². The molecule has 3 rings (SSSR count). The number of benzene rings is 1. The van der Waals surface area contributed by atoms with E-state index in [9.17, 15) is 4.79 Å². The maximum Gasteiger partial charge on any atom is 0.226 e. The van der Waals surface area contributed by atoms with Crippen LogP contribution < -0.4 is 5.32 Å². The Bertz CT molecular complexity index is 551. The molecule has 1 fully saturated rings. The van der Waals surface area contributed by atoms with Crippen LogP contribution >= 0.6 is 0 Å². The van der Waals surface area contributed by atoms with Crippen molar-refractivity contribution in [3.63, 3.8) is 0 Å². The van der Waals surface area contributed by atoms with Crippen molar-refractivity contribution in [2.24, 2.45) is 10.8 Å². The molecule has 1 amide bonds. The van der Waals surface area contributed by atoms with Crippen LogP contribution in [0.3, 0.4) is 0 Å². The van der Waals surface area contributed by atoms with E-state index in [-0.39, 0.29) is 11.3 Å². The maximum atomic E-state index is 12.7. The molecule has 0 atom stereocenters. The van der Waals surface area contributed by atoms with Gasteiger partial charge >= 0.3 is 0 Å². The number of nitrogens with zero attached hydrogens (tertiary/aromatic N) is 1. The number of carbonyl (C=O) groups is 1. The van der Waals surface area contributed by atoms with Crippen molar-refractivity contribution in [2.45, 2.75) is 46.6 Å². The van der Waals surface area contributed by atoms with Gasteiger partial charge in [0.15, 0.2) is 0 Å². The van der Waals surface area contributed by atoms with Crippen molar-refractivity contribution < 1.29 is 4.79 Å². The Morgan fingerprint density at radius 3 is 2.41 bits per heavy atom. The first kappa shape index (κ1) is 15.5. The number of likely N-dealkylation sites (tertiary alicyclic amines) is 1. The Morgan fingerprint density at radius 1 is 1.14 bits per heavy atom. The van der Waals surface area contributed by atoms with Gasteiger partial charge in [-0.3, -0.25) is 4.79 Å². The molecule has 1 aromatic rings. The van der Waals surface area contributed by atoms with Crippen LogP contribution in [-0.2, 0) is 17.8 Å². The van der Waals surface area contributed by atoms with Gasteiger partial charge in [0.05, 0.1) is 5.41 Å². The van der Waals surface area contributed by atoms with E-state index in [4.69, 9.17) is 0 Å². The highest BCUT2D eigenvalue weighted by Gasteiger charge is 2.43. The molecule has 0 aliphatic carbocycles. The highest BCUT2D eigenvalue weighted by atomic mass is 16.2. The van der Waals surface area contributed by atoms with E-state index in [1.807, 2.05) is 0 Å². The molecule has 0 bridgehead atoms. The van der Waals surface area contributed by atoms with E-state index in [0.29, 0.717) is 12.0 Å². The first-order chi connectivity index (χ1) is 10.4. The van der Waals surface area contributed by atoms with Crippen LogP contribution in [0.15, 0.2) is 24.3 Å². The fourth-order valence-electron chi connectivity index (χ4n) is 3.92. The van der Waals surface area contributed by atoms with Crippen molar-refractivity contribution in [2.75, 3.05) is 19.6 Å².